The number of hydrogen-bond donors (Lipinski definition) is 3. The smallest absolute Gasteiger partial charge is 0.493 e. The summed E-state index contributed by atoms with van der Waals surface area (Å²) in [7, 11) is 0. The van der Waals surface area contributed by atoms with Crippen molar-refractivity contribution in [3.8, 4) is 17.3 Å². The van der Waals surface area contributed by atoms with Crippen LogP contribution in [0, 0.1) is 6.92 Å². The number of anilines is 2. The van der Waals surface area contributed by atoms with Crippen molar-refractivity contribution in [1.82, 2.24) is 14.1 Å². The molecule has 2 aromatic heterocycles. The van der Waals surface area contributed by atoms with Crippen molar-refractivity contribution in [1.29, 1.82) is 0 Å². The fraction of sp³-hybridized carbons (Fsp3) is 0.125. The van der Waals surface area contributed by atoms with Gasteiger partial charge in [0.1, 0.15) is 5.75 Å². The molecule has 0 saturated carbocycles. The summed E-state index contributed by atoms with van der Waals surface area (Å²) in [5.41, 5.74) is 1.03. The number of nitrogens with zero attached hydrogens (tertiary/aromatic N) is 3. The van der Waals surface area contributed by atoms with Crippen LogP contribution in [-0.4, -0.2) is 31.6 Å². The lowest BCUT2D eigenvalue weighted by atomic mass is 10.2. The summed E-state index contributed by atoms with van der Waals surface area (Å²) in [4.78, 5) is 29.7. The molecule has 4 rings (SSSR count). The average Bonchev–Trinajstić information content (AvgIpc) is 3.04. The zero-order valence-electron chi connectivity index (χ0n) is 19.1. The van der Waals surface area contributed by atoms with Crippen LogP contribution in [0.15, 0.2) is 71.8 Å². The van der Waals surface area contributed by atoms with Crippen LogP contribution in [0.2, 0.25) is 5.02 Å². The van der Waals surface area contributed by atoms with E-state index in [9.17, 15) is 27.9 Å². The second kappa shape index (κ2) is 10.3. The third-order valence-electron chi connectivity index (χ3n) is 5.28. The molecule has 2 amide bonds. The van der Waals surface area contributed by atoms with Crippen molar-refractivity contribution in [2.75, 3.05) is 10.6 Å². The number of hydrogen-bond acceptors (Lipinski definition) is 5. The molecule has 0 unspecified atom stereocenters. The molecule has 2 aromatic carbocycles. The van der Waals surface area contributed by atoms with E-state index in [4.69, 9.17) is 11.6 Å². The Morgan fingerprint density at radius 2 is 1.76 bits per heavy atom. The fourth-order valence-electron chi connectivity index (χ4n) is 3.52. The van der Waals surface area contributed by atoms with Gasteiger partial charge in [0.05, 0.1) is 29.8 Å². The van der Waals surface area contributed by atoms with E-state index >= 15 is 0 Å². The largest absolute Gasteiger partial charge is 0.573 e. The molecule has 3 N–H and O–H groups in total. The highest BCUT2D eigenvalue weighted by molar-refractivity contribution is 6.30. The first-order chi connectivity index (χ1) is 17.5. The molecule has 37 heavy (non-hydrogen) atoms. The summed E-state index contributed by atoms with van der Waals surface area (Å²) < 4.78 is 43.3. The average molecular weight is 534 g/mol. The minimum absolute atomic E-state index is 0.0421. The molecule has 192 valence electrons. The minimum atomic E-state index is -4.86. The maximum absolute atomic E-state index is 13.2. The summed E-state index contributed by atoms with van der Waals surface area (Å²) >= 11 is 5.85. The number of alkyl halides is 3. The number of pyridine rings is 1. The van der Waals surface area contributed by atoms with Gasteiger partial charge in [0.15, 0.2) is 0 Å². The van der Waals surface area contributed by atoms with Crippen molar-refractivity contribution >= 4 is 29.0 Å². The van der Waals surface area contributed by atoms with Gasteiger partial charge >= 0.3 is 18.1 Å². The Morgan fingerprint density at radius 1 is 1.08 bits per heavy atom. The molecule has 0 aliphatic carbocycles. The van der Waals surface area contributed by atoms with Crippen molar-refractivity contribution in [2.24, 2.45) is 0 Å². The quantitative estimate of drug-likeness (QED) is 0.312. The first-order valence-electron chi connectivity index (χ1n) is 10.7. The Balaban J connectivity index is 1.57. The van der Waals surface area contributed by atoms with Gasteiger partial charge in [-0.25, -0.2) is 14.2 Å². The molecule has 0 bridgehead atoms. The van der Waals surface area contributed by atoms with Crippen LogP contribution in [0.4, 0.5) is 29.3 Å². The number of urea groups is 1. The Kier molecular flexibility index (Phi) is 7.11. The number of amides is 2. The highest BCUT2D eigenvalue weighted by Crippen LogP contribution is 2.26. The van der Waals surface area contributed by atoms with Crippen molar-refractivity contribution in [3.63, 3.8) is 0 Å². The summed E-state index contributed by atoms with van der Waals surface area (Å²) in [5.74, 6) is -0.858. The number of carbonyl (C=O) groups excluding carboxylic acids is 1. The summed E-state index contributed by atoms with van der Waals surface area (Å²) in [5, 5.41) is 16.5. The monoisotopic (exact) mass is 533 g/mol. The van der Waals surface area contributed by atoms with Gasteiger partial charge in [-0.15, -0.1) is 13.2 Å². The van der Waals surface area contributed by atoms with Gasteiger partial charge < -0.3 is 20.5 Å². The van der Waals surface area contributed by atoms with Gasteiger partial charge in [-0.1, -0.05) is 11.6 Å². The molecule has 13 heteroatoms. The van der Waals surface area contributed by atoms with Crippen LogP contribution in [0.3, 0.4) is 0 Å². The van der Waals surface area contributed by atoms with Gasteiger partial charge in [0, 0.05) is 16.9 Å². The Labute approximate surface area is 212 Å². The van der Waals surface area contributed by atoms with E-state index in [2.05, 4.69) is 20.4 Å². The molecular formula is C24H19ClF3N5O4. The van der Waals surface area contributed by atoms with Gasteiger partial charge in [-0.3, -0.25) is 9.55 Å². The second-order valence-corrected chi connectivity index (χ2v) is 8.21. The van der Waals surface area contributed by atoms with Crippen LogP contribution in [0.25, 0.3) is 5.69 Å². The SMILES string of the molecule is Cc1c(O)n(-c2ccc(OC(F)(F)F)cc2)c(=O)n1Cc1ccncc1NC(=O)Nc1ccc(Cl)cc1. The highest BCUT2D eigenvalue weighted by atomic mass is 35.5. The number of halogens is 4. The molecule has 0 aliphatic rings. The molecule has 0 aliphatic heterocycles. The Morgan fingerprint density at radius 3 is 2.41 bits per heavy atom. The van der Waals surface area contributed by atoms with Gasteiger partial charge in [0.25, 0.3) is 0 Å². The third-order valence-corrected chi connectivity index (χ3v) is 5.53. The summed E-state index contributed by atoms with van der Waals surface area (Å²) in [6.45, 7) is 1.47. The van der Waals surface area contributed by atoms with E-state index in [0.717, 1.165) is 16.7 Å². The predicted molar refractivity (Wildman–Crippen MR) is 131 cm³/mol. The van der Waals surface area contributed by atoms with Crippen LogP contribution >= 0.6 is 11.6 Å². The lowest BCUT2D eigenvalue weighted by Gasteiger charge is -2.12. The van der Waals surface area contributed by atoms with Gasteiger partial charge in [-0.05, 0) is 67.1 Å². The van der Waals surface area contributed by atoms with E-state index in [1.165, 1.54) is 36.0 Å². The van der Waals surface area contributed by atoms with E-state index < -0.39 is 29.7 Å². The number of nitrogens with one attached hydrogen (secondary N) is 2. The standard InChI is InChI=1S/C24H19ClF3N5O4/c1-14-21(34)33(18-6-8-19(9-7-18)37-24(26,27)28)23(36)32(14)13-15-10-11-29-12-20(15)31-22(35)30-17-4-2-16(25)3-5-17/h2-12,34H,13H2,1H3,(H2,30,31,35). The van der Waals surface area contributed by atoms with Crippen molar-refractivity contribution < 1.29 is 27.8 Å². The number of benzene rings is 2. The Hall–Kier alpha value is -4.45. The number of carbonyl (C=O) groups is 1. The lowest BCUT2D eigenvalue weighted by Crippen LogP contribution is -2.25. The van der Waals surface area contributed by atoms with E-state index in [0.29, 0.717) is 22.0 Å². The fourth-order valence-corrected chi connectivity index (χ4v) is 3.64. The molecule has 4 aromatic rings. The van der Waals surface area contributed by atoms with Crippen molar-refractivity contribution in [2.45, 2.75) is 19.8 Å². The zero-order chi connectivity index (χ0) is 26.7. The first-order valence-corrected chi connectivity index (χ1v) is 11.0. The molecule has 0 saturated heterocycles. The van der Waals surface area contributed by atoms with E-state index in [1.807, 2.05) is 0 Å². The van der Waals surface area contributed by atoms with Crippen LogP contribution in [-0.2, 0) is 6.54 Å². The van der Waals surface area contributed by atoms with Crippen LogP contribution in [0.5, 0.6) is 11.6 Å². The second-order valence-electron chi connectivity index (χ2n) is 7.77. The molecular weight excluding hydrogens is 515 g/mol. The topological polar surface area (TPSA) is 110 Å². The number of imidazole rings is 1. The van der Waals surface area contributed by atoms with Crippen LogP contribution in [0.1, 0.15) is 11.3 Å². The maximum Gasteiger partial charge on any atom is 0.573 e. The maximum atomic E-state index is 13.2. The normalized spacial score (nSPS) is 11.3. The van der Waals surface area contributed by atoms with Gasteiger partial charge in [-0.2, -0.15) is 0 Å². The molecule has 2 heterocycles. The van der Waals surface area contributed by atoms with E-state index in [-0.39, 0.29) is 17.9 Å². The molecule has 0 fully saturated rings. The first kappa shape index (κ1) is 25.6. The molecule has 0 atom stereocenters. The summed E-state index contributed by atoms with van der Waals surface area (Å²) in [6, 6.07) is 12.0. The van der Waals surface area contributed by atoms with E-state index in [1.54, 1.807) is 30.3 Å². The predicted octanol–water partition coefficient (Wildman–Crippen LogP) is 5.29. The lowest BCUT2D eigenvalue weighted by molar-refractivity contribution is -0.274. The number of rotatable bonds is 6. The third kappa shape index (κ3) is 6.04. The minimum Gasteiger partial charge on any atom is -0.493 e. The zero-order valence-corrected chi connectivity index (χ0v) is 19.8. The number of aromatic hydroxyl groups is 1. The summed E-state index contributed by atoms with van der Waals surface area (Å²) in [6.07, 6.45) is -1.97. The van der Waals surface area contributed by atoms with Gasteiger partial charge in [0.2, 0.25) is 5.88 Å². The highest BCUT2D eigenvalue weighted by Gasteiger charge is 2.31. The number of aromatic nitrogens is 3. The van der Waals surface area contributed by atoms with Crippen LogP contribution < -0.4 is 21.1 Å². The molecule has 0 spiro atoms. The molecule has 9 nitrogen and oxygen atoms in total. The number of ether oxygens (including phenoxy) is 1. The molecule has 0 radical (unpaired) electrons. The Bertz CT molecular complexity index is 1480. The van der Waals surface area contributed by atoms with Crippen molar-refractivity contribution in [3.05, 3.63) is 93.8 Å².